The van der Waals surface area contributed by atoms with Crippen LogP contribution < -0.4 is 10.6 Å². The van der Waals surface area contributed by atoms with Crippen LogP contribution in [0.2, 0.25) is 0 Å². The first-order chi connectivity index (χ1) is 7.13. The first kappa shape index (κ1) is 10.4. The van der Waals surface area contributed by atoms with Crippen molar-refractivity contribution in [2.24, 2.45) is 5.73 Å². The van der Waals surface area contributed by atoms with Gasteiger partial charge in [-0.25, -0.2) is 4.98 Å². The maximum Gasteiger partial charge on any atom is 0.129 e. The molecule has 1 saturated heterocycles. The standard InChI is InChI=1S/C12H19N3/c1-12(2)7-4-8-15(12)11-6-3-5-10(9-13)14-11/h3,5-6H,4,7-9,13H2,1-2H3. The molecule has 0 atom stereocenters. The van der Waals surface area contributed by atoms with Crippen LogP contribution in [0, 0.1) is 0 Å². The highest BCUT2D eigenvalue weighted by atomic mass is 15.3. The average Bonchev–Trinajstić information content (AvgIpc) is 2.58. The molecule has 1 aliphatic heterocycles. The number of hydrogen-bond acceptors (Lipinski definition) is 3. The van der Waals surface area contributed by atoms with Crippen molar-refractivity contribution in [3.63, 3.8) is 0 Å². The van der Waals surface area contributed by atoms with E-state index in [1.54, 1.807) is 0 Å². The van der Waals surface area contributed by atoms with Crippen LogP contribution in [0.3, 0.4) is 0 Å². The van der Waals surface area contributed by atoms with Gasteiger partial charge in [0, 0.05) is 18.6 Å². The summed E-state index contributed by atoms with van der Waals surface area (Å²) in [6.45, 7) is 6.17. The van der Waals surface area contributed by atoms with Crippen LogP contribution in [0.1, 0.15) is 32.4 Å². The first-order valence-electron chi connectivity index (χ1n) is 5.57. The lowest BCUT2D eigenvalue weighted by molar-refractivity contribution is 0.514. The zero-order valence-electron chi connectivity index (χ0n) is 9.53. The topological polar surface area (TPSA) is 42.1 Å². The molecule has 1 aromatic rings. The predicted molar refractivity (Wildman–Crippen MR) is 62.8 cm³/mol. The Balaban J connectivity index is 2.29. The van der Waals surface area contributed by atoms with Crippen LogP contribution in [-0.2, 0) is 6.54 Å². The molecule has 0 aliphatic carbocycles. The molecule has 0 spiro atoms. The molecule has 3 heteroatoms. The van der Waals surface area contributed by atoms with Crippen LogP contribution in [0.5, 0.6) is 0 Å². The highest BCUT2D eigenvalue weighted by molar-refractivity contribution is 5.43. The molecule has 82 valence electrons. The highest BCUT2D eigenvalue weighted by Crippen LogP contribution is 2.32. The van der Waals surface area contributed by atoms with Gasteiger partial charge in [0.15, 0.2) is 0 Å². The minimum Gasteiger partial charge on any atom is -0.351 e. The van der Waals surface area contributed by atoms with Crippen molar-refractivity contribution in [1.82, 2.24) is 4.98 Å². The lowest BCUT2D eigenvalue weighted by atomic mass is 10.0. The van der Waals surface area contributed by atoms with Gasteiger partial charge in [0.2, 0.25) is 0 Å². The van der Waals surface area contributed by atoms with Crippen LogP contribution in [-0.4, -0.2) is 17.1 Å². The number of aromatic nitrogens is 1. The first-order valence-corrected chi connectivity index (χ1v) is 5.57. The minimum atomic E-state index is 0.236. The maximum absolute atomic E-state index is 5.60. The summed E-state index contributed by atoms with van der Waals surface area (Å²) < 4.78 is 0. The number of nitrogens with zero attached hydrogens (tertiary/aromatic N) is 2. The summed E-state index contributed by atoms with van der Waals surface area (Å²) in [6, 6.07) is 6.09. The molecular formula is C12H19N3. The van der Waals surface area contributed by atoms with Crippen molar-refractivity contribution in [3.8, 4) is 0 Å². The van der Waals surface area contributed by atoms with Crippen LogP contribution >= 0.6 is 0 Å². The molecule has 0 unspecified atom stereocenters. The Kier molecular flexibility index (Phi) is 2.65. The molecule has 0 radical (unpaired) electrons. The van der Waals surface area contributed by atoms with E-state index in [1.807, 2.05) is 12.1 Å². The Bertz CT molecular complexity index is 346. The van der Waals surface area contributed by atoms with Crippen LogP contribution in [0.25, 0.3) is 0 Å². The summed E-state index contributed by atoms with van der Waals surface area (Å²) in [5, 5.41) is 0. The Morgan fingerprint density at radius 3 is 2.87 bits per heavy atom. The van der Waals surface area contributed by atoms with Crippen molar-refractivity contribution in [2.75, 3.05) is 11.4 Å². The van der Waals surface area contributed by atoms with Gasteiger partial charge in [-0.05, 0) is 38.8 Å². The molecule has 0 amide bonds. The Morgan fingerprint density at radius 2 is 2.27 bits per heavy atom. The number of anilines is 1. The van der Waals surface area contributed by atoms with Crippen LogP contribution in [0.4, 0.5) is 5.82 Å². The molecule has 2 rings (SSSR count). The van der Waals surface area contributed by atoms with E-state index in [-0.39, 0.29) is 5.54 Å². The Hall–Kier alpha value is -1.09. The lowest BCUT2D eigenvalue weighted by Crippen LogP contribution is -2.38. The van der Waals surface area contributed by atoms with Crippen molar-refractivity contribution in [2.45, 2.75) is 38.8 Å². The lowest BCUT2D eigenvalue weighted by Gasteiger charge is -2.32. The van der Waals surface area contributed by atoms with Crippen LogP contribution in [0.15, 0.2) is 18.2 Å². The molecular weight excluding hydrogens is 186 g/mol. The molecule has 15 heavy (non-hydrogen) atoms. The van der Waals surface area contributed by atoms with E-state index in [4.69, 9.17) is 5.73 Å². The van der Waals surface area contributed by atoms with Gasteiger partial charge in [0.05, 0.1) is 5.69 Å². The number of nitrogens with two attached hydrogens (primary N) is 1. The fourth-order valence-electron chi connectivity index (χ4n) is 2.26. The zero-order valence-corrected chi connectivity index (χ0v) is 9.53. The summed E-state index contributed by atoms with van der Waals surface area (Å²) in [5.74, 6) is 1.07. The third kappa shape index (κ3) is 1.97. The van der Waals surface area contributed by atoms with E-state index in [0.717, 1.165) is 18.1 Å². The third-order valence-corrected chi connectivity index (χ3v) is 3.18. The van der Waals surface area contributed by atoms with Crippen molar-refractivity contribution in [3.05, 3.63) is 23.9 Å². The molecule has 2 N–H and O–H groups in total. The van der Waals surface area contributed by atoms with Crippen molar-refractivity contribution < 1.29 is 0 Å². The summed E-state index contributed by atoms with van der Waals surface area (Å²) in [4.78, 5) is 6.95. The second-order valence-electron chi connectivity index (χ2n) is 4.76. The molecule has 1 fully saturated rings. The minimum absolute atomic E-state index is 0.236. The highest BCUT2D eigenvalue weighted by Gasteiger charge is 2.32. The smallest absolute Gasteiger partial charge is 0.129 e. The van der Waals surface area contributed by atoms with Gasteiger partial charge in [-0.2, -0.15) is 0 Å². The number of pyridine rings is 1. The fraction of sp³-hybridized carbons (Fsp3) is 0.583. The summed E-state index contributed by atoms with van der Waals surface area (Å²) >= 11 is 0. The molecule has 0 saturated carbocycles. The van der Waals surface area contributed by atoms with E-state index in [0.29, 0.717) is 6.54 Å². The van der Waals surface area contributed by atoms with E-state index in [2.05, 4.69) is 29.8 Å². The molecule has 0 bridgehead atoms. The number of hydrogen-bond donors (Lipinski definition) is 1. The zero-order chi connectivity index (χ0) is 10.9. The van der Waals surface area contributed by atoms with Gasteiger partial charge in [-0.15, -0.1) is 0 Å². The summed E-state index contributed by atoms with van der Waals surface area (Å²) in [5.41, 5.74) is 6.81. The average molecular weight is 205 g/mol. The van der Waals surface area contributed by atoms with E-state index < -0.39 is 0 Å². The largest absolute Gasteiger partial charge is 0.351 e. The molecule has 2 heterocycles. The van der Waals surface area contributed by atoms with Gasteiger partial charge in [-0.1, -0.05) is 6.07 Å². The Labute approximate surface area is 91.3 Å². The quantitative estimate of drug-likeness (QED) is 0.802. The van der Waals surface area contributed by atoms with Gasteiger partial charge in [-0.3, -0.25) is 0 Å². The van der Waals surface area contributed by atoms with Gasteiger partial charge >= 0.3 is 0 Å². The number of rotatable bonds is 2. The van der Waals surface area contributed by atoms with Gasteiger partial charge < -0.3 is 10.6 Å². The third-order valence-electron chi connectivity index (χ3n) is 3.18. The second-order valence-corrected chi connectivity index (χ2v) is 4.76. The fourth-order valence-corrected chi connectivity index (χ4v) is 2.26. The predicted octanol–water partition coefficient (Wildman–Crippen LogP) is 1.92. The maximum atomic E-state index is 5.60. The van der Waals surface area contributed by atoms with Gasteiger partial charge in [0.1, 0.15) is 5.82 Å². The van der Waals surface area contributed by atoms with Crippen molar-refractivity contribution in [1.29, 1.82) is 0 Å². The van der Waals surface area contributed by atoms with E-state index in [1.165, 1.54) is 12.8 Å². The normalized spacial score (nSPS) is 19.5. The van der Waals surface area contributed by atoms with E-state index in [9.17, 15) is 0 Å². The summed E-state index contributed by atoms with van der Waals surface area (Å²) in [7, 11) is 0. The monoisotopic (exact) mass is 205 g/mol. The Morgan fingerprint density at radius 1 is 1.47 bits per heavy atom. The van der Waals surface area contributed by atoms with Crippen molar-refractivity contribution >= 4 is 5.82 Å². The molecule has 0 aromatic carbocycles. The second kappa shape index (κ2) is 3.81. The molecule has 1 aliphatic rings. The van der Waals surface area contributed by atoms with E-state index >= 15 is 0 Å². The SMILES string of the molecule is CC1(C)CCCN1c1cccc(CN)n1. The molecule has 3 nitrogen and oxygen atoms in total. The summed E-state index contributed by atoms with van der Waals surface area (Å²) in [6.07, 6.45) is 2.49. The molecule has 1 aromatic heterocycles. The van der Waals surface area contributed by atoms with Gasteiger partial charge in [0.25, 0.3) is 0 Å².